The number of hydrogen-bond acceptors (Lipinski definition) is 9. The third kappa shape index (κ3) is 11.5. The van der Waals surface area contributed by atoms with Gasteiger partial charge < -0.3 is 41.4 Å². The van der Waals surface area contributed by atoms with E-state index in [1.165, 1.54) is 68.0 Å². The van der Waals surface area contributed by atoms with Crippen molar-refractivity contribution in [2.75, 3.05) is 32.9 Å². The van der Waals surface area contributed by atoms with Crippen molar-refractivity contribution in [2.45, 2.75) is 128 Å². The summed E-state index contributed by atoms with van der Waals surface area (Å²) >= 11 is 1.45. The number of likely N-dealkylation sites (N-methyl/N-ethyl adjacent to an activating group) is 1. The number of rotatable bonds is 19. The molecule has 2 saturated heterocycles. The van der Waals surface area contributed by atoms with Gasteiger partial charge in [0, 0.05) is 55.4 Å². The molecule has 3 aliphatic rings. The maximum absolute atomic E-state index is 12.3. The van der Waals surface area contributed by atoms with Crippen LogP contribution in [0, 0.1) is 11.8 Å². The largest absolute Gasteiger partial charge is 0.477 e. The molecule has 4 rings (SSSR count). The number of hydrogen-bond donors (Lipinski definition) is 6. The Kier molecular flexibility index (Phi) is 16.4. The van der Waals surface area contributed by atoms with E-state index in [4.69, 9.17) is 5.73 Å². The molecule has 2 fully saturated rings. The number of thioether (sulfide) groups is 1. The Morgan fingerprint density at radius 2 is 1.78 bits per heavy atom. The molecule has 1 aromatic heterocycles. The van der Waals surface area contributed by atoms with Crippen molar-refractivity contribution in [3.8, 4) is 0 Å². The molecular formula is C35H59N7O6S. The van der Waals surface area contributed by atoms with Crippen LogP contribution in [0.5, 0.6) is 0 Å². The summed E-state index contributed by atoms with van der Waals surface area (Å²) < 4.78 is 0. The first-order valence-electron chi connectivity index (χ1n) is 18.0. The van der Waals surface area contributed by atoms with Crippen LogP contribution >= 0.6 is 11.8 Å². The number of nitrogens with one attached hydrogen (secondary N) is 3. The van der Waals surface area contributed by atoms with E-state index < -0.39 is 18.0 Å². The van der Waals surface area contributed by atoms with Crippen LogP contribution in [-0.2, 0) is 25.6 Å². The number of aliphatic hydroxyl groups excluding tert-OH is 1. The van der Waals surface area contributed by atoms with Crippen molar-refractivity contribution in [1.29, 1.82) is 0 Å². The van der Waals surface area contributed by atoms with Crippen LogP contribution in [0.4, 0.5) is 5.95 Å². The number of aromatic nitrogens is 2. The van der Waals surface area contributed by atoms with Crippen LogP contribution < -0.4 is 16.4 Å². The van der Waals surface area contributed by atoms with Crippen molar-refractivity contribution < 1.29 is 29.4 Å². The van der Waals surface area contributed by atoms with Crippen LogP contribution in [0.2, 0.25) is 0 Å². The lowest BCUT2D eigenvalue weighted by molar-refractivity contribution is -0.163. The van der Waals surface area contributed by atoms with Gasteiger partial charge in [0.1, 0.15) is 5.70 Å². The zero-order chi connectivity index (χ0) is 36.1. The fourth-order valence-electron chi connectivity index (χ4n) is 6.85. The number of carboxylic acid groups (broad SMARTS) is 1. The molecule has 1 aromatic rings. The summed E-state index contributed by atoms with van der Waals surface area (Å²) in [6.07, 6.45) is 15.5. The number of aromatic amines is 1. The van der Waals surface area contributed by atoms with Crippen LogP contribution in [0.1, 0.15) is 104 Å². The molecule has 0 saturated carbocycles. The van der Waals surface area contributed by atoms with Gasteiger partial charge in [-0.1, -0.05) is 65.2 Å². The Bertz CT molecular complexity index is 1280. The predicted octanol–water partition coefficient (Wildman–Crippen LogP) is 3.65. The molecule has 7 N–H and O–H groups in total. The number of anilines is 1. The number of aliphatic hydroxyl groups is 1. The van der Waals surface area contributed by atoms with Gasteiger partial charge in [-0.05, 0) is 32.6 Å². The number of carboxylic acids is 1. The zero-order valence-corrected chi connectivity index (χ0v) is 30.8. The monoisotopic (exact) mass is 705 g/mol. The second-order valence-corrected chi connectivity index (χ2v) is 15.1. The summed E-state index contributed by atoms with van der Waals surface area (Å²) in [5.74, 6) is -1.55. The molecule has 4 heterocycles. The molecule has 0 unspecified atom stereocenters. The molecule has 0 radical (unpaired) electrons. The number of aryl methyl sites for hydroxylation is 1. The highest BCUT2D eigenvalue weighted by Crippen LogP contribution is 2.51. The molecule has 49 heavy (non-hydrogen) atoms. The Morgan fingerprint density at radius 3 is 2.35 bits per heavy atom. The third-order valence-electron chi connectivity index (χ3n) is 9.53. The lowest BCUT2D eigenvalue weighted by Gasteiger charge is -2.46. The molecule has 0 aliphatic carbocycles. The van der Waals surface area contributed by atoms with Crippen molar-refractivity contribution in [3.63, 3.8) is 0 Å². The standard InChI is InChI=1S/C18H34N4O.C17H25N3O5S/c1-2-3-4-5-6-7-8-9-10-14-20-17(23)13-11-12-16-15-21-18(19)22-16;1-7-12-11(8(2)21)16(23)20(12)13(17(24)25)14(7)26-9-5-10(18-6-9)15(22)19(3)4/h15H,2-14H2,1H3,(H,20,23)(H3,19,21,22);7-12,18,21H,5-6H2,1-4H3,(H,24,25)/t;7-,8-,9+,10+,11-,12-/m.1/s1. The fourth-order valence-corrected chi connectivity index (χ4v) is 8.32. The highest BCUT2D eigenvalue weighted by molar-refractivity contribution is 8.03. The maximum Gasteiger partial charge on any atom is 0.353 e. The highest BCUT2D eigenvalue weighted by Gasteiger charge is 2.60. The van der Waals surface area contributed by atoms with E-state index in [0.29, 0.717) is 30.2 Å². The average molecular weight is 706 g/mol. The summed E-state index contributed by atoms with van der Waals surface area (Å²) in [7, 11) is 3.42. The molecule has 3 amide bonds. The Labute approximate surface area is 295 Å². The topological polar surface area (TPSA) is 194 Å². The summed E-state index contributed by atoms with van der Waals surface area (Å²) in [4.78, 5) is 58.4. The summed E-state index contributed by atoms with van der Waals surface area (Å²) in [6.45, 7) is 7.14. The predicted molar refractivity (Wildman–Crippen MR) is 192 cm³/mol. The molecule has 3 aliphatic heterocycles. The highest BCUT2D eigenvalue weighted by atomic mass is 32.2. The smallest absolute Gasteiger partial charge is 0.353 e. The van der Waals surface area contributed by atoms with Crippen LogP contribution in [0.15, 0.2) is 16.8 Å². The number of H-pyrrole nitrogens is 1. The second-order valence-electron chi connectivity index (χ2n) is 13.8. The lowest BCUT2D eigenvalue weighted by Crippen LogP contribution is -2.63. The molecule has 276 valence electrons. The van der Waals surface area contributed by atoms with Gasteiger partial charge in [-0.15, -0.1) is 11.8 Å². The minimum Gasteiger partial charge on any atom is -0.477 e. The molecule has 0 bridgehead atoms. The Hall–Kier alpha value is -3.10. The first kappa shape index (κ1) is 40.3. The number of nitrogens with zero attached hydrogens (tertiary/aromatic N) is 3. The van der Waals surface area contributed by atoms with E-state index in [1.807, 2.05) is 6.92 Å². The molecule has 14 heteroatoms. The quantitative estimate of drug-likeness (QED) is 0.0914. The van der Waals surface area contributed by atoms with Crippen LogP contribution in [-0.4, -0.2) is 104 Å². The average Bonchev–Trinajstić information content (AvgIpc) is 3.75. The van der Waals surface area contributed by atoms with E-state index in [0.717, 1.165) is 31.5 Å². The van der Waals surface area contributed by atoms with Gasteiger partial charge in [0.25, 0.3) is 0 Å². The number of β-lactam (4-membered cyclic amide) rings is 1. The minimum atomic E-state index is -1.12. The van der Waals surface area contributed by atoms with Crippen molar-refractivity contribution in [3.05, 3.63) is 22.5 Å². The van der Waals surface area contributed by atoms with Gasteiger partial charge >= 0.3 is 5.97 Å². The first-order chi connectivity index (χ1) is 23.4. The van der Waals surface area contributed by atoms with Crippen molar-refractivity contribution in [2.24, 2.45) is 11.8 Å². The van der Waals surface area contributed by atoms with E-state index in [9.17, 15) is 29.4 Å². The van der Waals surface area contributed by atoms with Crippen LogP contribution in [0.25, 0.3) is 0 Å². The third-order valence-corrected chi connectivity index (χ3v) is 11.0. The molecular weight excluding hydrogens is 646 g/mol. The number of unbranched alkanes of at least 4 members (excludes halogenated alkanes) is 8. The Balaban J connectivity index is 0.000000268. The van der Waals surface area contributed by atoms with E-state index >= 15 is 0 Å². The van der Waals surface area contributed by atoms with Crippen molar-refractivity contribution >= 4 is 41.4 Å². The minimum absolute atomic E-state index is 0.00757. The lowest BCUT2D eigenvalue weighted by atomic mass is 9.79. The zero-order valence-electron chi connectivity index (χ0n) is 30.0. The number of nitrogen functional groups attached to an aromatic ring is 1. The van der Waals surface area contributed by atoms with E-state index in [1.54, 1.807) is 32.1 Å². The molecule has 13 nitrogen and oxygen atoms in total. The second kappa shape index (κ2) is 19.9. The van der Waals surface area contributed by atoms with Crippen molar-refractivity contribution in [1.82, 2.24) is 30.4 Å². The fraction of sp³-hybridized carbons (Fsp3) is 0.743. The first-order valence-corrected chi connectivity index (χ1v) is 18.9. The van der Waals surface area contributed by atoms with Gasteiger partial charge in [-0.2, -0.15) is 0 Å². The van der Waals surface area contributed by atoms with Crippen LogP contribution in [0.3, 0.4) is 0 Å². The number of carbonyl (C=O) groups is 4. The van der Waals surface area contributed by atoms with Gasteiger partial charge in [0.05, 0.1) is 30.3 Å². The van der Waals surface area contributed by atoms with E-state index in [-0.39, 0.29) is 46.7 Å². The number of imidazole rings is 1. The number of amides is 3. The number of nitrogens with two attached hydrogens (primary N) is 1. The number of aliphatic carboxylic acids is 1. The van der Waals surface area contributed by atoms with E-state index in [2.05, 4.69) is 27.5 Å². The number of carbonyl (C=O) groups excluding carboxylic acids is 3. The van der Waals surface area contributed by atoms with Gasteiger partial charge in [0.15, 0.2) is 5.95 Å². The van der Waals surface area contributed by atoms with Gasteiger partial charge in [-0.25, -0.2) is 9.78 Å². The Morgan fingerprint density at radius 1 is 1.12 bits per heavy atom. The normalized spacial score (nSPS) is 23.4. The summed E-state index contributed by atoms with van der Waals surface area (Å²) in [5, 5.41) is 25.8. The van der Waals surface area contributed by atoms with Gasteiger partial charge in [0.2, 0.25) is 17.7 Å². The summed E-state index contributed by atoms with van der Waals surface area (Å²) in [6, 6.07) is -0.568. The molecule has 0 aromatic carbocycles. The van der Waals surface area contributed by atoms with Gasteiger partial charge in [-0.3, -0.25) is 14.4 Å². The maximum atomic E-state index is 12.3. The molecule has 0 spiro atoms. The SMILES string of the molecule is CCCCCCCCCCCNC(=O)CCCc1cnc(N)[nH]1.C[C@@H](O)[C@H]1C(=O)N2C(C(=O)O)=C(S[C@@H]3CN[C@H](C(=O)N(C)C)C3)[C@H](C)[C@H]12. The molecule has 6 atom stereocenters. The summed E-state index contributed by atoms with van der Waals surface area (Å²) in [5.41, 5.74) is 6.54. The number of fused-ring (bicyclic) bond motifs is 1.